The largest absolute Gasteiger partial charge is 0.491 e. The van der Waals surface area contributed by atoms with Gasteiger partial charge >= 0.3 is 0 Å². The van der Waals surface area contributed by atoms with Crippen LogP contribution in [0.4, 0.5) is 5.82 Å². The molecule has 0 atom stereocenters. The summed E-state index contributed by atoms with van der Waals surface area (Å²) in [6.07, 6.45) is 0.992. The smallest absolute Gasteiger partial charge is 0.132 e. The van der Waals surface area contributed by atoms with Crippen LogP contribution in [-0.2, 0) is 4.74 Å². The summed E-state index contributed by atoms with van der Waals surface area (Å²) in [4.78, 5) is 8.38. The quantitative estimate of drug-likeness (QED) is 0.782. The fourth-order valence-electron chi connectivity index (χ4n) is 2.44. The molecule has 3 heterocycles. The van der Waals surface area contributed by atoms with Crippen molar-refractivity contribution in [2.75, 3.05) is 31.0 Å². The van der Waals surface area contributed by atoms with Crippen LogP contribution in [0, 0.1) is 0 Å². The first kappa shape index (κ1) is 9.15. The number of fused-ring (bicyclic) bond motifs is 1. The molecule has 2 aromatic heterocycles. The lowest BCUT2D eigenvalue weighted by molar-refractivity contribution is 0.122. The van der Waals surface area contributed by atoms with Crippen LogP contribution in [0.2, 0.25) is 0 Å². The van der Waals surface area contributed by atoms with Crippen LogP contribution in [-0.4, -0.2) is 52.4 Å². The van der Waals surface area contributed by atoms with Gasteiger partial charge in [-0.1, -0.05) is 0 Å². The number of nitrogens with zero attached hydrogens (tertiary/aromatic N) is 4. The Balaban J connectivity index is 1.84. The average molecular weight is 347 g/mol. The molecule has 0 aliphatic carbocycles. The molecule has 1 N–H and O–H groups in total. The normalized spacial score (nSPS) is 27.9. The Bertz CT molecular complexity index is 1170. The molecular formula is C18H21N5O2. The van der Waals surface area contributed by atoms with Crippen molar-refractivity contribution in [2.45, 2.75) is 20.0 Å². The van der Waals surface area contributed by atoms with Gasteiger partial charge in [0, 0.05) is 24.4 Å². The van der Waals surface area contributed by atoms with Crippen molar-refractivity contribution < 1.29 is 20.4 Å². The number of H-pyrrole nitrogens is 1. The average Bonchev–Trinajstić information content (AvgIpc) is 3.09. The summed E-state index contributed by atoms with van der Waals surface area (Å²) in [5.74, 6) is 0.216. The van der Waals surface area contributed by atoms with Crippen LogP contribution < -0.4 is 9.64 Å². The maximum Gasteiger partial charge on any atom is 0.132 e. The van der Waals surface area contributed by atoms with Gasteiger partial charge in [-0.15, -0.1) is 0 Å². The molecule has 130 valence electrons. The number of hydrogen-bond donors (Lipinski definition) is 1. The highest BCUT2D eigenvalue weighted by Crippen LogP contribution is 2.29. The summed E-state index contributed by atoms with van der Waals surface area (Å²) in [6, 6.07) is 6.52. The summed E-state index contributed by atoms with van der Waals surface area (Å²) in [5, 5.41) is 7.75. The third-order valence-corrected chi connectivity index (χ3v) is 3.45. The lowest BCUT2D eigenvalue weighted by Crippen LogP contribution is -2.36. The van der Waals surface area contributed by atoms with E-state index in [1.807, 2.05) is 13.8 Å². The Kier molecular flexibility index (Phi) is 2.44. The fourth-order valence-corrected chi connectivity index (χ4v) is 2.44. The molecule has 0 spiro atoms. The zero-order chi connectivity index (χ0) is 24.4. The van der Waals surface area contributed by atoms with Gasteiger partial charge in [-0.25, -0.2) is 9.97 Å². The number of aromatic amines is 1. The van der Waals surface area contributed by atoms with E-state index in [1.165, 1.54) is 6.07 Å². The van der Waals surface area contributed by atoms with E-state index in [2.05, 4.69) is 24.9 Å². The molecule has 1 aromatic carbocycles. The molecule has 4 rings (SSSR count). The van der Waals surface area contributed by atoms with Gasteiger partial charge in [0.15, 0.2) is 0 Å². The van der Waals surface area contributed by atoms with E-state index in [1.54, 1.807) is 18.2 Å². The second-order valence-electron chi connectivity index (χ2n) is 5.57. The van der Waals surface area contributed by atoms with Crippen molar-refractivity contribution in [3.8, 4) is 17.1 Å². The number of hydrogen-bond acceptors (Lipinski definition) is 6. The van der Waals surface area contributed by atoms with Crippen LogP contribution in [0.1, 0.15) is 24.8 Å². The summed E-state index contributed by atoms with van der Waals surface area (Å²) in [5.41, 5.74) is 1.21. The zero-order valence-electron chi connectivity index (χ0n) is 21.6. The first-order valence-corrected chi connectivity index (χ1v) is 7.65. The van der Waals surface area contributed by atoms with Gasteiger partial charge in [0.2, 0.25) is 0 Å². The Hall–Kier alpha value is -2.67. The predicted molar refractivity (Wildman–Crippen MR) is 95.9 cm³/mol. The zero-order valence-corrected chi connectivity index (χ0v) is 13.6. The molecule has 25 heavy (non-hydrogen) atoms. The topological polar surface area (TPSA) is 76.2 Å². The second kappa shape index (κ2) is 6.68. The maximum absolute atomic E-state index is 8.21. The molecule has 0 bridgehead atoms. The molecule has 0 amide bonds. The Labute approximate surface area is 157 Å². The number of ether oxygens (including phenoxy) is 2. The standard InChI is InChI=1S/C18H21N5O2/c1-12(2)25-13-3-4-15-14(9-13)18(22-21-15)16-10-17(20-11-19-16)23-5-7-24-8-6-23/h3-4,9-12H,5-8H2,1-2H3,(H,21,22)/i5D2,6D2,7D2,8D2. The maximum atomic E-state index is 8.21. The van der Waals surface area contributed by atoms with Crippen molar-refractivity contribution in [2.24, 2.45) is 0 Å². The lowest BCUT2D eigenvalue weighted by atomic mass is 10.1. The minimum atomic E-state index is -3.19. The van der Waals surface area contributed by atoms with Crippen LogP contribution in [0.3, 0.4) is 0 Å². The Morgan fingerprint density at radius 2 is 2.08 bits per heavy atom. The molecule has 1 aliphatic heterocycles. The molecule has 0 unspecified atom stereocenters. The molecule has 0 saturated carbocycles. The van der Waals surface area contributed by atoms with Crippen molar-refractivity contribution in [3.05, 3.63) is 30.6 Å². The summed E-state index contributed by atoms with van der Waals surface area (Å²) >= 11 is 0. The van der Waals surface area contributed by atoms with Crippen LogP contribution in [0.25, 0.3) is 22.3 Å². The van der Waals surface area contributed by atoms with Gasteiger partial charge < -0.3 is 14.4 Å². The van der Waals surface area contributed by atoms with Crippen molar-refractivity contribution in [1.82, 2.24) is 20.2 Å². The van der Waals surface area contributed by atoms with Crippen LogP contribution in [0.15, 0.2) is 30.6 Å². The fraction of sp³-hybridized carbons (Fsp3) is 0.389. The molecule has 3 aromatic rings. The van der Waals surface area contributed by atoms with Gasteiger partial charge in [0.1, 0.15) is 23.6 Å². The number of anilines is 1. The van der Waals surface area contributed by atoms with E-state index in [-0.39, 0.29) is 17.6 Å². The number of morpholine rings is 1. The van der Waals surface area contributed by atoms with Crippen molar-refractivity contribution >= 4 is 16.7 Å². The minimum absolute atomic E-state index is 0.0562. The molecule has 0 radical (unpaired) electrons. The highest BCUT2D eigenvalue weighted by atomic mass is 16.5. The molecule has 1 fully saturated rings. The predicted octanol–water partition coefficient (Wildman–Crippen LogP) is 2.64. The number of aromatic nitrogens is 4. The Morgan fingerprint density at radius 3 is 2.88 bits per heavy atom. The van der Waals surface area contributed by atoms with Crippen LogP contribution >= 0.6 is 0 Å². The van der Waals surface area contributed by atoms with Gasteiger partial charge in [0.05, 0.1) is 41.4 Å². The highest BCUT2D eigenvalue weighted by Gasteiger charge is 2.16. The monoisotopic (exact) mass is 347 g/mol. The van der Waals surface area contributed by atoms with E-state index in [9.17, 15) is 0 Å². The molecule has 7 nitrogen and oxygen atoms in total. The second-order valence-corrected chi connectivity index (χ2v) is 5.57. The third-order valence-electron chi connectivity index (χ3n) is 3.45. The third kappa shape index (κ3) is 3.28. The highest BCUT2D eigenvalue weighted by molar-refractivity contribution is 5.93. The van der Waals surface area contributed by atoms with E-state index in [0.29, 0.717) is 27.2 Å². The molecule has 1 saturated heterocycles. The first-order chi connectivity index (χ1) is 15.2. The molecule has 1 aliphatic rings. The van der Waals surface area contributed by atoms with Gasteiger partial charge in [-0.2, -0.15) is 5.10 Å². The van der Waals surface area contributed by atoms with E-state index >= 15 is 0 Å². The molecular weight excluding hydrogens is 318 g/mol. The van der Waals surface area contributed by atoms with Gasteiger partial charge in [0.25, 0.3) is 0 Å². The summed E-state index contributed by atoms with van der Waals surface area (Å²) in [6.45, 7) is -8.82. The first-order valence-electron chi connectivity index (χ1n) is 11.6. The van der Waals surface area contributed by atoms with Crippen LogP contribution in [0.5, 0.6) is 5.75 Å². The summed E-state index contributed by atoms with van der Waals surface area (Å²) in [7, 11) is 0. The lowest BCUT2D eigenvalue weighted by Gasteiger charge is -2.27. The van der Waals surface area contributed by atoms with Crippen molar-refractivity contribution in [3.63, 3.8) is 0 Å². The molecule has 7 heteroatoms. The Morgan fingerprint density at radius 1 is 1.24 bits per heavy atom. The minimum Gasteiger partial charge on any atom is -0.491 e. The number of rotatable bonds is 4. The van der Waals surface area contributed by atoms with E-state index in [0.717, 1.165) is 6.33 Å². The SMILES string of the molecule is [2H]C1([2H])OC([2H])([2H])C([2H])([2H])N(c2cc(-c3n[nH]c4ccc(OC(C)C)cc34)ncn2)C1([2H])[2H]. The van der Waals surface area contributed by atoms with Gasteiger partial charge in [-0.05, 0) is 32.0 Å². The van der Waals surface area contributed by atoms with E-state index < -0.39 is 26.1 Å². The van der Waals surface area contributed by atoms with Crippen molar-refractivity contribution in [1.29, 1.82) is 0 Å². The van der Waals surface area contributed by atoms with Gasteiger partial charge in [-0.3, -0.25) is 5.10 Å². The number of benzene rings is 1. The number of nitrogens with one attached hydrogen (secondary N) is 1. The van der Waals surface area contributed by atoms with E-state index in [4.69, 9.17) is 15.7 Å². The summed E-state index contributed by atoms with van der Waals surface area (Å²) < 4.78 is 74.6.